The van der Waals surface area contributed by atoms with Crippen LogP contribution in [-0.4, -0.2) is 53.8 Å². The van der Waals surface area contributed by atoms with Gasteiger partial charge in [-0.3, -0.25) is 19.3 Å². The van der Waals surface area contributed by atoms with Gasteiger partial charge in [0.25, 0.3) is 5.91 Å². The third-order valence-corrected chi connectivity index (χ3v) is 7.02. The molecule has 7 nitrogen and oxygen atoms in total. The molecule has 10 heteroatoms. The number of piperidine rings is 1. The Kier molecular flexibility index (Phi) is 7.23. The second kappa shape index (κ2) is 10.3. The highest BCUT2D eigenvalue weighted by atomic mass is 32.1. The summed E-state index contributed by atoms with van der Waals surface area (Å²) in [6, 6.07) is 8.34. The van der Waals surface area contributed by atoms with Crippen LogP contribution in [0.3, 0.4) is 0 Å². The number of ether oxygens (including phenoxy) is 1. The number of rotatable bonds is 8. The van der Waals surface area contributed by atoms with Crippen molar-refractivity contribution in [2.24, 2.45) is 0 Å². The number of aromatic nitrogens is 1. The molecule has 0 radical (unpaired) electrons. The zero-order valence-corrected chi connectivity index (χ0v) is 18.9. The van der Waals surface area contributed by atoms with Crippen molar-refractivity contribution in [3.05, 3.63) is 46.0 Å². The number of hydrogen-bond acceptors (Lipinski definition) is 8. The van der Waals surface area contributed by atoms with Gasteiger partial charge < -0.3 is 10.1 Å². The van der Waals surface area contributed by atoms with Gasteiger partial charge in [-0.1, -0.05) is 29.9 Å². The molecule has 3 heterocycles. The lowest BCUT2D eigenvalue weighted by atomic mass is 10.1. The van der Waals surface area contributed by atoms with Gasteiger partial charge in [0.05, 0.1) is 15.8 Å². The lowest BCUT2D eigenvalue weighted by Crippen LogP contribution is -2.33. The number of benzene rings is 1. The van der Waals surface area contributed by atoms with E-state index in [4.69, 9.17) is 4.74 Å². The fraction of sp³-hybridized carbons (Fsp3) is 0.364. The first-order chi connectivity index (χ1) is 15.5. The van der Waals surface area contributed by atoms with E-state index in [0.717, 1.165) is 36.7 Å². The van der Waals surface area contributed by atoms with Crippen molar-refractivity contribution < 1.29 is 23.5 Å². The lowest BCUT2D eigenvalue weighted by Gasteiger charge is -2.25. The molecule has 1 saturated heterocycles. The van der Waals surface area contributed by atoms with E-state index in [2.05, 4.69) is 15.2 Å². The number of Topliss-reactive ketones (excluding diaryl/α,β-unsaturated/α-hetero) is 1. The van der Waals surface area contributed by atoms with Gasteiger partial charge in [0.1, 0.15) is 18.0 Å². The molecule has 1 fully saturated rings. The zero-order chi connectivity index (χ0) is 22.5. The standard InChI is InChI=1S/C22H22FN3O4S2/c23-18-12-14(16(27)13-19(28)30-11-10-26-8-4-1-5-9-26)21(32-18)25-20(29)22-24-15-6-2-3-7-17(15)31-22/h2-3,6-7,12H,1,4-5,8-11,13H2,(H,25,29). The summed E-state index contributed by atoms with van der Waals surface area (Å²) < 4.78 is 19.9. The number of halogens is 1. The second-order valence-electron chi connectivity index (χ2n) is 7.46. The molecule has 0 aliphatic carbocycles. The Morgan fingerprint density at radius 2 is 1.91 bits per heavy atom. The molecule has 0 atom stereocenters. The quantitative estimate of drug-likeness (QED) is 0.296. The van der Waals surface area contributed by atoms with Crippen LogP contribution in [0.15, 0.2) is 30.3 Å². The van der Waals surface area contributed by atoms with Crippen molar-refractivity contribution in [3.8, 4) is 0 Å². The summed E-state index contributed by atoms with van der Waals surface area (Å²) >= 11 is 1.84. The first kappa shape index (κ1) is 22.5. The molecule has 3 aromatic rings. The maximum Gasteiger partial charge on any atom is 0.313 e. The molecule has 4 rings (SSSR count). The number of likely N-dealkylation sites (tertiary alicyclic amines) is 1. The van der Waals surface area contributed by atoms with E-state index in [1.807, 2.05) is 18.2 Å². The molecule has 32 heavy (non-hydrogen) atoms. The molecular formula is C22H22FN3O4S2. The Morgan fingerprint density at radius 1 is 1.12 bits per heavy atom. The lowest BCUT2D eigenvalue weighted by molar-refractivity contribution is -0.143. The van der Waals surface area contributed by atoms with Crippen LogP contribution in [0.1, 0.15) is 45.8 Å². The number of esters is 1. The molecule has 1 aliphatic heterocycles. The summed E-state index contributed by atoms with van der Waals surface area (Å²) in [5.41, 5.74) is 0.638. The highest BCUT2D eigenvalue weighted by Gasteiger charge is 2.23. The molecule has 168 valence electrons. The Labute approximate surface area is 192 Å². The molecule has 1 N–H and O–H groups in total. The minimum Gasteiger partial charge on any atom is -0.464 e. The van der Waals surface area contributed by atoms with E-state index in [0.29, 0.717) is 23.4 Å². The molecule has 1 aliphatic rings. The van der Waals surface area contributed by atoms with E-state index >= 15 is 0 Å². The van der Waals surface area contributed by atoms with E-state index < -0.39 is 29.2 Å². The number of carbonyl (C=O) groups excluding carboxylic acids is 3. The highest BCUT2D eigenvalue weighted by molar-refractivity contribution is 7.20. The summed E-state index contributed by atoms with van der Waals surface area (Å²) in [6.45, 7) is 2.83. The van der Waals surface area contributed by atoms with Crippen LogP contribution in [0.2, 0.25) is 0 Å². The first-order valence-electron chi connectivity index (χ1n) is 10.4. The van der Waals surface area contributed by atoms with Crippen molar-refractivity contribution in [1.82, 2.24) is 9.88 Å². The van der Waals surface area contributed by atoms with Crippen molar-refractivity contribution in [1.29, 1.82) is 0 Å². The van der Waals surface area contributed by atoms with Gasteiger partial charge in [0.15, 0.2) is 15.9 Å². The molecule has 1 aromatic carbocycles. The van der Waals surface area contributed by atoms with Crippen molar-refractivity contribution in [2.75, 3.05) is 31.6 Å². The number of amides is 1. The summed E-state index contributed by atoms with van der Waals surface area (Å²) in [7, 11) is 0. The van der Waals surface area contributed by atoms with Gasteiger partial charge in [-0.05, 0) is 44.1 Å². The number of fused-ring (bicyclic) bond motifs is 1. The first-order valence-corrected chi connectivity index (χ1v) is 12.0. The van der Waals surface area contributed by atoms with Gasteiger partial charge >= 0.3 is 5.97 Å². The minimum absolute atomic E-state index is 0.0464. The zero-order valence-electron chi connectivity index (χ0n) is 17.3. The van der Waals surface area contributed by atoms with Crippen LogP contribution >= 0.6 is 22.7 Å². The number of nitrogens with one attached hydrogen (secondary N) is 1. The fourth-order valence-electron chi connectivity index (χ4n) is 3.54. The van der Waals surface area contributed by atoms with Crippen molar-refractivity contribution in [3.63, 3.8) is 0 Å². The van der Waals surface area contributed by atoms with Gasteiger partial charge in [-0.15, -0.1) is 11.3 Å². The number of hydrogen-bond donors (Lipinski definition) is 1. The van der Waals surface area contributed by atoms with Crippen LogP contribution in [0.5, 0.6) is 0 Å². The molecule has 1 amide bonds. The average molecular weight is 476 g/mol. The number of nitrogens with zero attached hydrogens (tertiary/aromatic N) is 2. The van der Waals surface area contributed by atoms with Crippen molar-refractivity contribution >= 4 is 55.6 Å². The Hall–Kier alpha value is -2.69. The summed E-state index contributed by atoms with van der Waals surface area (Å²) in [5.74, 6) is -1.80. The maximum atomic E-state index is 13.9. The Balaban J connectivity index is 1.35. The number of thiazole rings is 1. The molecule has 0 unspecified atom stereocenters. The smallest absolute Gasteiger partial charge is 0.313 e. The van der Waals surface area contributed by atoms with Crippen molar-refractivity contribution in [2.45, 2.75) is 25.7 Å². The van der Waals surface area contributed by atoms with Crippen LogP contribution in [0.4, 0.5) is 9.39 Å². The normalized spacial score (nSPS) is 14.4. The van der Waals surface area contributed by atoms with Crippen LogP contribution < -0.4 is 5.32 Å². The predicted octanol–water partition coefficient (Wildman–Crippen LogP) is 4.35. The summed E-state index contributed by atoms with van der Waals surface area (Å²) in [6.07, 6.45) is 2.99. The van der Waals surface area contributed by atoms with Gasteiger partial charge in [0.2, 0.25) is 0 Å². The largest absolute Gasteiger partial charge is 0.464 e. The van der Waals surface area contributed by atoms with Crippen LogP contribution in [0.25, 0.3) is 10.2 Å². The molecule has 2 aromatic heterocycles. The maximum absolute atomic E-state index is 13.9. The SMILES string of the molecule is O=C(CC(=O)c1cc(F)sc1NC(=O)c1nc2ccccc2s1)OCCN1CCCCC1. The third-order valence-electron chi connectivity index (χ3n) is 5.14. The number of para-hydroxylation sites is 1. The molecule has 0 bridgehead atoms. The second-order valence-corrected chi connectivity index (χ2v) is 9.49. The van der Waals surface area contributed by atoms with E-state index in [1.54, 1.807) is 6.07 Å². The molecule has 0 spiro atoms. The summed E-state index contributed by atoms with van der Waals surface area (Å²) in [5, 5.41) is 2.18. The number of anilines is 1. The number of ketones is 1. The fourth-order valence-corrected chi connectivity index (χ4v) is 5.19. The Bertz CT molecular complexity index is 1100. The number of thiophene rings is 1. The number of carbonyl (C=O) groups is 3. The monoisotopic (exact) mass is 475 g/mol. The average Bonchev–Trinajstić information content (AvgIpc) is 3.38. The van der Waals surface area contributed by atoms with Gasteiger partial charge in [-0.2, -0.15) is 4.39 Å². The third kappa shape index (κ3) is 5.56. The van der Waals surface area contributed by atoms with Gasteiger partial charge in [-0.25, -0.2) is 4.98 Å². The van der Waals surface area contributed by atoms with E-state index in [1.165, 1.54) is 17.8 Å². The van der Waals surface area contributed by atoms with E-state index in [9.17, 15) is 18.8 Å². The van der Waals surface area contributed by atoms with Gasteiger partial charge in [0, 0.05) is 6.54 Å². The molecule has 0 saturated carbocycles. The summed E-state index contributed by atoms with van der Waals surface area (Å²) in [4.78, 5) is 43.7. The minimum atomic E-state index is -0.665. The Morgan fingerprint density at radius 3 is 2.69 bits per heavy atom. The molecular weight excluding hydrogens is 453 g/mol. The van der Waals surface area contributed by atoms with Crippen LogP contribution in [-0.2, 0) is 9.53 Å². The van der Waals surface area contributed by atoms with E-state index in [-0.39, 0.29) is 22.2 Å². The predicted molar refractivity (Wildman–Crippen MR) is 122 cm³/mol. The highest BCUT2D eigenvalue weighted by Crippen LogP contribution is 2.30. The van der Waals surface area contributed by atoms with Crippen LogP contribution in [0, 0.1) is 5.13 Å². The topological polar surface area (TPSA) is 88.6 Å².